The summed E-state index contributed by atoms with van der Waals surface area (Å²) in [5.74, 6) is 5.29. The summed E-state index contributed by atoms with van der Waals surface area (Å²) in [6, 6.07) is 1.86. The van der Waals surface area contributed by atoms with E-state index in [1.165, 1.54) is 0 Å². The van der Waals surface area contributed by atoms with Crippen LogP contribution in [0.4, 0.5) is 24.8 Å². The van der Waals surface area contributed by atoms with E-state index in [9.17, 15) is 13.2 Å². The molecule has 1 aromatic rings. The Morgan fingerprint density at radius 1 is 1.44 bits per heavy atom. The highest BCUT2D eigenvalue weighted by molar-refractivity contribution is 5.50. The molecule has 0 aromatic carbocycles. The van der Waals surface area contributed by atoms with Crippen LogP contribution in [0.3, 0.4) is 0 Å². The first kappa shape index (κ1) is 12.6. The van der Waals surface area contributed by atoms with Gasteiger partial charge < -0.3 is 10.3 Å². The molecule has 0 fully saturated rings. The first-order valence-corrected chi connectivity index (χ1v) is 4.65. The number of nitrogen functional groups attached to an aromatic ring is 1. The molecule has 0 amide bonds. The third-order valence-corrected chi connectivity index (χ3v) is 2.15. The lowest BCUT2D eigenvalue weighted by Crippen LogP contribution is -2.20. The summed E-state index contributed by atoms with van der Waals surface area (Å²) in [5.41, 5.74) is 1.35. The van der Waals surface area contributed by atoms with Gasteiger partial charge in [-0.2, -0.15) is 13.2 Å². The van der Waals surface area contributed by atoms with Crippen LogP contribution in [0, 0.1) is 0 Å². The minimum Gasteiger partial charge on any atom is -0.360 e. The van der Waals surface area contributed by atoms with Crippen LogP contribution in [-0.4, -0.2) is 18.6 Å². The number of rotatable bonds is 3. The maximum absolute atomic E-state index is 12.5. The minimum absolute atomic E-state index is 0.00914. The Morgan fingerprint density at radius 3 is 2.50 bits per heavy atom. The highest BCUT2D eigenvalue weighted by Gasteiger charge is 2.31. The summed E-state index contributed by atoms with van der Waals surface area (Å²) < 4.78 is 37.6. The van der Waals surface area contributed by atoms with Gasteiger partial charge in [-0.1, -0.05) is 0 Å². The van der Waals surface area contributed by atoms with Gasteiger partial charge in [-0.25, -0.2) is 10.8 Å². The van der Waals surface area contributed by atoms with Crippen LogP contribution in [0.25, 0.3) is 0 Å². The summed E-state index contributed by atoms with van der Waals surface area (Å²) in [4.78, 5) is 5.52. The highest BCUT2D eigenvalue weighted by atomic mass is 19.4. The second-order valence-corrected chi connectivity index (χ2v) is 3.26. The van der Waals surface area contributed by atoms with Gasteiger partial charge in [0, 0.05) is 13.6 Å². The van der Waals surface area contributed by atoms with E-state index < -0.39 is 11.7 Å². The number of hydrogen-bond acceptors (Lipinski definition) is 4. The quantitative estimate of drug-likeness (QED) is 0.619. The van der Waals surface area contributed by atoms with E-state index in [0.29, 0.717) is 6.54 Å². The Balaban J connectivity index is 3.21. The lowest BCUT2D eigenvalue weighted by Gasteiger charge is -2.18. The molecule has 3 N–H and O–H groups in total. The van der Waals surface area contributed by atoms with Crippen LogP contribution in [0.5, 0.6) is 0 Å². The number of nitrogens with two attached hydrogens (primary N) is 1. The Hall–Kier alpha value is -1.50. The van der Waals surface area contributed by atoms with Crippen LogP contribution in [0.2, 0.25) is 0 Å². The zero-order chi connectivity index (χ0) is 12.3. The van der Waals surface area contributed by atoms with Gasteiger partial charge in [0.2, 0.25) is 0 Å². The molecule has 90 valence electrons. The van der Waals surface area contributed by atoms with E-state index in [-0.39, 0.29) is 11.6 Å². The van der Waals surface area contributed by atoms with Crippen LogP contribution >= 0.6 is 0 Å². The summed E-state index contributed by atoms with van der Waals surface area (Å²) in [6.07, 6.45) is -4.40. The van der Waals surface area contributed by atoms with E-state index in [4.69, 9.17) is 5.84 Å². The van der Waals surface area contributed by atoms with Crippen molar-refractivity contribution in [3.8, 4) is 0 Å². The van der Waals surface area contributed by atoms with Gasteiger partial charge in [0.15, 0.2) is 0 Å². The fraction of sp³-hybridized carbons (Fsp3) is 0.444. The lowest BCUT2D eigenvalue weighted by molar-refractivity contribution is -0.137. The van der Waals surface area contributed by atoms with Gasteiger partial charge >= 0.3 is 6.18 Å². The number of pyridine rings is 1. The summed E-state index contributed by atoms with van der Waals surface area (Å²) in [7, 11) is 1.66. The van der Waals surface area contributed by atoms with Crippen molar-refractivity contribution in [2.24, 2.45) is 5.84 Å². The number of nitrogens with one attached hydrogen (secondary N) is 1. The van der Waals surface area contributed by atoms with Gasteiger partial charge in [0.25, 0.3) is 0 Å². The van der Waals surface area contributed by atoms with Gasteiger partial charge in [0.05, 0.1) is 5.56 Å². The molecule has 0 saturated carbocycles. The molecule has 0 unspecified atom stereocenters. The monoisotopic (exact) mass is 234 g/mol. The fourth-order valence-electron chi connectivity index (χ4n) is 1.11. The van der Waals surface area contributed by atoms with Crippen molar-refractivity contribution < 1.29 is 13.2 Å². The van der Waals surface area contributed by atoms with Crippen LogP contribution < -0.4 is 16.2 Å². The van der Waals surface area contributed by atoms with Crippen molar-refractivity contribution in [3.05, 3.63) is 17.7 Å². The first-order chi connectivity index (χ1) is 7.38. The SMILES string of the molecule is CCN(C)c1cc(C(F)(F)F)cc(NN)n1. The lowest BCUT2D eigenvalue weighted by atomic mass is 10.2. The molecule has 0 aliphatic heterocycles. The van der Waals surface area contributed by atoms with E-state index in [1.54, 1.807) is 11.9 Å². The van der Waals surface area contributed by atoms with Crippen molar-refractivity contribution in [3.63, 3.8) is 0 Å². The number of alkyl halides is 3. The first-order valence-electron chi connectivity index (χ1n) is 4.65. The molecule has 1 heterocycles. The maximum atomic E-state index is 12.5. The molecule has 1 rings (SSSR count). The predicted molar refractivity (Wildman–Crippen MR) is 56.0 cm³/mol. The largest absolute Gasteiger partial charge is 0.416 e. The van der Waals surface area contributed by atoms with Gasteiger partial charge in [0.1, 0.15) is 11.6 Å². The number of aromatic nitrogens is 1. The molecular formula is C9H13F3N4. The molecule has 0 saturated heterocycles. The molecule has 4 nitrogen and oxygen atoms in total. The summed E-state index contributed by atoms with van der Waals surface area (Å²) >= 11 is 0. The van der Waals surface area contributed by atoms with Crippen LogP contribution in [-0.2, 0) is 6.18 Å². The van der Waals surface area contributed by atoms with Crippen molar-refractivity contribution >= 4 is 11.6 Å². The number of nitrogens with zero attached hydrogens (tertiary/aromatic N) is 2. The van der Waals surface area contributed by atoms with Gasteiger partial charge in [-0.05, 0) is 19.1 Å². The molecule has 0 atom stereocenters. The molecule has 0 bridgehead atoms. The molecule has 0 radical (unpaired) electrons. The van der Waals surface area contributed by atoms with Gasteiger partial charge in [-0.15, -0.1) is 0 Å². The molecular weight excluding hydrogens is 221 g/mol. The predicted octanol–water partition coefficient (Wildman–Crippen LogP) is 1.84. The Kier molecular flexibility index (Phi) is 3.58. The minimum atomic E-state index is -4.40. The van der Waals surface area contributed by atoms with Crippen LogP contribution in [0.1, 0.15) is 12.5 Å². The van der Waals surface area contributed by atoms with E-state index in [2.05, 4.69) is 10.4 Å². The summed E-state index contributed by atoms with van der Waals surface area (Å²) in [5, 5.41) is 0. The Morgan fingerprint density at radius 2 is 2.06 bits per heavy atom. The zero-order valence-corrected chi connectivity index (χ0v) is 8.97. The number of hydrogen-bond donors (Lipinski definition) is 2. The molecule has 7 heteroatoms. The van der Waals surface area contributed by atoms with Crippen molar-refractivity contribution in [2.45, 2.75) is 13.1 Å². The standard InChI is InChI=1S/C9H13F3N4/c1-3-16(2)8-5-6(9(10,11)12)4-7(14-8)15-13/h4-5H,3,13H2,1-2H3,(H,14,15). The maximum Gasteiger partial charge on any atom is 0.416 e. The summed E-state index contributed by atoms with van der Waals surface area (Å²) in [6.45, 7) is 2.37. The molecule has 0 aliphatic rings. The van der Waals surface area contributed by atoms with Crippen molar-refractivity contribution in [1.29, 1.82) is 0 Å². The van der Waals surface area contributed by atoms with E-state index in [0.717, 1.165) is 12.1 Å². The molecule has 16 heavy (non-hydrogen) atoms. The number of halogens is 3. The van der Waals surface area contributed by atoms with Crippen molar-refractivity contribution in [1.82, 2.24) is 4.98 Å². The third kappa shape index (κ3) is 2.75. The van der Waals surface area contributed by atoms with Crippen LogP contribution in [0.15, 0.2) is 12.1 Å². The van der Waals surface area contributed by atoms with Crippen molar-refractivity contribution in [2.75, 3.05) is 23.9 Å². The topological polar surface area (TPSA) is 54.2 Å². The average Bonchev–Trinajstić information content (AvgIpc) is 2.26. The second-order valence-electron chi connectivity index (χ2n) is 3.26. The second kappa shape index (κ2) is 4.56. The number of hydrazine groups is 1. The van der Waals surface area contributed by atoms with Gasteiger partial charge in [-0.3, -0.25) is 0 Å². The third-order valence-electron chi connectivity index (χ3n) is 2.15. The normalized spacial score (nSPS) is 11.4. The highest BCUT2D eigenvalue weighted by Crippen LogP contribution is 2.32. The Bertz CT molecular complexity index is 364. The molecule has 0 aliphatic carbocycles. The fourth-order valence-corrected chi connectivity index (χ4v) is 1.11. The van der Waals surface area contributed by atoms with E-state index in [1.807, 2.05) is 6.92 Å². The smallest absolute Gasteiger partial charge is 0.360 e. The zero-order valence-electron chi connectivity index (χ0n) is 8.97. The molecule has 0 spiro atoms. The average molecular weight is 234 g/mol. The number of anilines is 2. The van der Waals surface area contributed by atoms with E-state index >= 15 is 0 Å². The molecule has 1 aromatic heterocycles. The Labute approximate surface area is 91.2 Å².